The Kier molecular flexibility index (Phi) is 8.28. The summed E-state index contributed by atoms with van der Waals surface area (Å²) in [5.41, 5.74) is 3.02. The van der Waals surface area contributed by atoms with Gasteiger partial charge in [0.15, 0.2) is 6.10 Å². The molecule has 3 aromatic rings. The van der Waals surface area contributed by atoms with Crippen molar-refractivity contribution in [1.82, 2.24) is 4.90 Å². The van der Waals surface area contributed by atoms with Crippen LogP contribution in [0.3, 0.4) is 0 Å². The van der Waals surface area contributed by atoms with Crippen LogP contribution in [0.4, 0.5) is 0 Å². The zero-order valence-electron chi connectivity index (χ0n) is 20.6. The molecule has 1 amide bonds. The summed E-state index contributed by atoms with van der Waals surface area (Å²) >= 11 is 0. The van der Waals surface area contributed by atoms with Crippen LogP contribution in [0.15, 0.2) is 91.0 Å². The number of piperidine rings is 2. The van der Waals surface area contributed by atoms with E-state index < -0.39 is 42.5 Å². The van der Waals surface area contributed by atoms with Gasteiger partial charge in [0, 0.05) is 0 Å². The topological polar surface area (TPSA) is 88.5 Å². The lowest BCUT2D eigenvalue weighted by molar-refractivity contribution is -0.221. The lowest BCUT2D eigenvalue weighted by Crippen LogP contribution is -2.69. The maximum Gasteiger partial charge on any atom is 0.254 e. The Balaban J connectivity index is 1.43. The molecule has 7 heteroatoms. The number of hydrogen-bond donors (Lipinski definition) is 2. The van der Waals surface area contributed by atoms with Crippen molar-refractivity contribution < 1.29 is 29.2 Å². The quantitative estimate of drug-likeness (QED) is 0.467. The average Bonchev–Trinajstić information content (AvgIpc) is 2.94. The van der Waals surface area contributed by atoms with Gasteiger partial charge >= 0.3 is 0 Å². The molecule has 0 aliphatic carbocycles. The van der Waals surface area contributed by atoms with E-state index in [0.717, 1.165) is 16.7 Å². The molecule has 6 atom stereocenters. The number of carbonyl (C=O) groups excluding carboxylic acids is 1. The number of benzene rings is 3. The minimum Gasteiger partial charge on any atom is -0.390 e. The Hall–Kier alpha value is -3.07. The lowest BCUT2D eigenvalue weighted by Gasteiger charge is -2.51. The predicted octanol–water partition coefficient (Wildman–Crippen LogP) is 3.08. The number of ether oxygens (including phenoxy) is 3. The van der Waals surface area contributed by atoms with Gasteiger partial charge in [-0.1, -0.05) is 91.0 Å². The molecule has 194 valence electrons. The van der Waals surface area contributed by atoms with Crippen LogP contribution in [0.1, 0.15) is 23.1 Å². The third-order valence-corrected chi connectivity index (χ3v) is 7.11. The number of aliphatic hydroxyl groups excluding tert-OH is 2. The first-order valence-electron chi connectivity index (χ1n) is 12.7. The Morgan fingerprint density at radius 2 is 1.14 bits per heavy atom. The normalized spacial score (nSPS) is 27.6. The molecule has 37 heavy (non-hydrogen) atoms. The maximum atomic E-state index is 13.1. The standard InChI is InChI=1S/C30H33NO6/c32-25-16-24-28(36-19-22-12-6-2-7-13-22)29(37-20-23-14-8-3-9-15-23)26(17-31(24)30(34)27(25)33)35-18-21-10-4-1-5-11-21/h1-15,24-29,32-33H,16-20H2/t24-,25-,26+,27-,28-,29-/m0/s1. The van der Waals surface area contributed by atoms with E-state index in [1.54, 1.807) is 4.90 Å². The van der Waals surface area contributed by atoms with E-state index in [4.69, 9.17) is 14.2 Å². The molecule has 2 heterocycles. The number of fused-ring (bicyclic) bond motifs is 1. The molecule has 7 nitrogen and oxygen atoms in total. The first kappa shape index (κ1) is 25.6. The van der Waals surface area contributed by atoms with Gasteiger partial charge in [-0.05, 0) is 23.1 Å². The SMILES string of the molecule is O=C1[C@@H](O)[C@@H](O)C[C@H]2[C@H](OCc3ccccc3)[C@@H](OCc3ccccc3)[C@H](OCc3ccccc3)CN12. The summed E-state index contributed by atoms with van der Waals surface area (Å²) in [5.74, 6) is -0.508. The van der Waals surface area contributed by atoms with Crippen molar-refractivity contribution in [2.24, 2.45) is 0 Å². The van der Waals surface area contributed by atoms with Crippen molar-refractivity contribution in [3.8, 4) is 0 Å². The third kappa shape index (κ3) is 6.09. The first-order chi connectivity index (χ1) is 18.1. The summed E-state index contributed by atoms with van der Waals surface area (Å²) < 4.78 is 19.3. The van der Waals surface area contributed by atoms with Crippen LogP contribution in [-0.2, 0) is 38.8 Å². The van der Waals surface area contributed by atoms with Crippen molar-refractivity contribution in [3.05, 3.63) is 108 Å². The predicted molar refractivity (Wildman–Crippen MR) is 137 cm³/mol. The second kappa shape index (κ2) is 12.0. The number of carbonyl (C=O) groups is 1. The fourth-order valence-corrected chi connectivity index (χ4v) is 5.13. The largest absolute Gasteiger partial charge is 0.390 e. The van der Waals surface area contributed by atoms with E-state index in [9.17, 15) is 15.0 Å². The van der Waals surface area contributed by atoms with Gasteiger partial charge in [-0.15, -0.1) is 0 Å². The molecule has 0 spiro atoms. The van der Waals surface area contributed by atoms with Crippen LogP contribution in [0.25, 0.3) is 0 Å². The summed E-state index contributed by atoms with van der Waals surface area (Å²) in [4.78, 5) is 14.7. The molecule has 2 N–H and O–H groups in total. The van der Waals surface area contributed by atoms with Crippen molar-refractivity contribution in [1.29, 1.82) is 0 Å². The molecule has 3 aromatic carbocycles. The second-order valence-electron chi connectivity index (χ2n) is 9.66. The molecule has 5 rings (SSSR count). The third-order valence-electron chi connectivity index (χ3n) is 7.11. The Bertz CT molecular complexity index is 1130. The molecular weight excluding hydrogens is 470 g/mol. The Morgan fingerprint density at radius 3 is 1.65 bits per heavy atom. The monoisotopic (exact) mass is 503 g/mol. The van der Waals surface area contributed by atoms with Gasteiger partial charge < -0.3 is 29.3 Å². The summed E-state index contributed by atoms with van der Waals surface area (Å²) in [7, 11) is 0. The van der Waals surface area contributed by atoms with Crippen LogP contribution in [-0.4, -0.2) is 64.1 Å². The molecule has 2 saturated heterocycles. The van der Waals surface area contributed by atoms with Crippen LogP contribution in [0, 0.1) is 0 Å². The van der Waals surface area contributed by atoms with Gasteiger partial charge in [0.1, 0.15) is 18.3 Å². The summed E-state index contributed by atoms with van der Waals surface area (Å²) in [6, 6.07) is 29.1. The van der Waals surface area contributed by atoms with Crippen LogP contribution in [0.5, 0.6) is 0 Å². The van der Waals surface area contributed by atoms with E-state index in [0.29, 0.717) is 19.8 Å². The highest BCUT2D eigenvalue weighted by atomic mass is 16.6. The van der Waals surface area contributed by atoms with Crippen LogP contribution >= 0.6 is 0 Å². The first-order valence-corrected chi connectivity index (χ1v) is 12.7. The van der Waals surface area contributed by atoms with E-state index >= 15 is 0 Å². The van der Waals surface area contributed by atoms with E-state index in [1.165, 1.54) is 0 Å². The molecule has 0 unspecified atom stereocenters. The van der Waals surface area contributed by atoms with E-state index in [1.807, 2.05) is 91.0 Å². The van der Waals surface area contributed by atoms with Crippen molar-refractivity contribution in [2.45, 2.75) is 62.8 Å². The Morgan fingerprint density at radius 1 is 0.676 bits per heavy atom. The second-order valence-corrected chi connectivity index (χ2v) is 9.66. The molecule has 0 bridgehead atoms. The molecule has 0 saturated carbocycles. The highest BCUT2D eigenvalue weighted by Crippen LogP contribution is 2.34. The highest BCUT2D eigenvalue weighted by molar-refractivity contribution is 5.83. The number of rotatable bonds is 9. The highest BCUT2D eigenvalue weighted by Gasteiger charge is 2.52. The van der Waals surface area contributed by atoms with E-state index in [-0.39, 0.29) is 13.0 Å². The fraction of sp³-hybridized carbons (Fsp3) is 0.367. The minimum atomic E-state index is -1.46. The number of hydrogen-bond acceptors (Lipinski definition) is 6. The number of amides is 1. The smallest absolute Gasteiger partial charge is 0.254 e. The summed E-state index contributed by atoms with van der Waals surface area (Å²) in [5, 5.41) is 20.8. The van der Waals surface area contributed by atoms with Crippen LogP contribution < -0.4 is 0 Å². The van der Waals surface area contributed by atoms with Crippen molar-refractivity contribution in [2.75, 3.05) is 6.54 Å². The molecular formula is C30H33NO6. The zero-order valence-corrected chi connectivity index (χ0v) is 20.6. The molecule has 2 fully saturated rings. The fourth-order valence-electron chi connectivity index (χ4n) is 5.13. The zero-order chi connectivity index (χ0) is 25.6. The van der Waals surface area contributed by atoms with Gasteiger partial charge in [-0.2, -0.15) is 0 Å². The molecule has 2 aliphatic heterocycles. The van der Waals surface area contributed by atoms with Gasteiger partial charge in [0.25, 0.3) is 5.91 Å². The maximum absolute atomic E-state index is 13.1. The Labute approximate surface area is 217 Å². The van der Waals surface area contributed by atoms with Gasteiger partial charge in [0.2, 0.25) is 0 Å². The minimum absolute atomic E-state index is 0.197. The summed E-state index contributed by atoms with van der Waals surface area (Å²) in [6.45, 7) is 1.26. The molecule has 0 aromatic heterocycles. The van der Waals surface area contributed by atoms with E-state index in [2.05, 4.69) is 0 Å². The number of aliphatic hydroxyl groups is 2. The van der Waals surface area contributed by atoms with Gasteiger partial charge in [-0.25, -0.2) is 0 Å². The lowest BCUT2D eigenvalue weighted by atomic mass is 9.84. The van der Waals surface area contributed by atoms with Crippen molar-refractivity contribution in [3.63, 3.8) is 0 Å². The van der Waals surface area contributed by atoms with Gasteiger partial charge in [-0.3, -0.25) is 4.79 Å². The summed E-state index contributed by atoms with van der Waals surface area (Å²) in [6.07, 6.45) is -3.97. The van der Waals surface area contributed by atoms with Crippen LogP contribution in [0.2, 0.25) is 0 Å². The average molecular weight is 504 g/mol. The van der Waals surface area contributed by atoms with Gasteiger partial charge in [0.05, 0.1) is 38.5 Å². The number of nitrogens with zero attached hydrogens (tertiary/aromatic N) is 1. The van der Waals surface area contributed by atoms with Crippen molar-refractivity contribution >= 4 is 5.91 Å². The molecule has 0 radical (unpaired) electrons. The molecule has 2 aliphatic rings.